The lowest BCUT2D eigenvalue weighted by atomic mass is 9.90. The summed E-state index contributed by atoms with van der Waals surface area (Å²) in [6, 6.07) is 6.55. The van der Waals surface area contributed by atoms with E-state index < -0.39 is 0 Å². The molecule has 1 aliphatic rings. The summed E-state index contributed by atoms with van der Waals surface area (Å²) in [5.41, 5.74) is 0.502. The number of carbonyl (C=O) groups excluding carboxylic acids is 1. The zero-order chi connectivity index (χ0) is 13.8. The fourth-order valence-corrected chi connectivity index (χ4v) is 2.77. The van der Waals surface area contributed by atoms with Gasteiger partial charge in [0.2, 0.25) is 0 Å². The summed E-state index contributed by atoms with van der Waals surface area (Å²) in [6.07, 6.45) is 2.79. The highest BCUT2D eigenvalue weighted by Crippen LogP contribution is 2.23. The Labute approximate surface area is 114 Å². The van der Waals surface area contributed by atoms with Crippen LogP contribution in [0.2, 0.25) is 0 Å². The van der Waals surface area contributed by atoms with E-state index in [1.807, 2.05) is 0 Å². The van der Waals surface area contributed by atoms with Gasteiger partial charge in [-0.25, -0.2) is 4.39 Å². The third kappa shape index (κ3) is 3.87. The van der Waals surface area contributed by atoms with Crippen LogP contribution in [0.25, 0.3) is 0 Å². The number of carbonyl (C=O) groups is 1. The summed E-state index contributed by atoms with van der Waals surface area (Å²) in [6.45, 7) is 6.49. The fourth-order valence-electron chi connectivity index (χ4n) is 2.77. The van der Waals surface area contributed by atoms with Crippen LogP contribution in [0.4, 0.5) is 4.39 Å². The molecule has 0 saturated carbocycles. The van der Waals surface area contributed by atoms with Crippen molar-refractivity contribution in [3.8, 4) is 0 Å². The number of nitrogens with zero attached hydrogens (tertiary/aromatic N) is 1. The predicted octanol–water partition coefficient (Wildman–Crippen LogP) is 3.52. The Morgan fingerprint density at radius 2 is 2.26 bits per heavy atom. The highest BCUT2D eigenvalue weighted by Gasteiger charge is 2.24. The average Bonchev–Trinajstić information content (AvgIpc) is 2.39. The van der Waals surface area contributed by atoms with Crippen molar-refractivity contribution in [2.24, 2.45) is 5.92 Å². The van der Waals surface area contributed by atoms with Gasteiger partial charge in [-0.3, -0.25) is 4.79 Å². The Balaban J connectivity index is 1.95. The molecule has 0 spiro atoms. The molecule has 104 valence electrons. The predicted molar refractivity (Wildman–Crippen MR) is 74.8 cm³/mol. The number of likely N-dealkylation sites (tertiary alicyclic amines) is 1. The van der Waals surface area contributed by atoms with Crippen LogP contribution in [0.3, 0.4) is 0 Å². The molecule has 2 rings (SSSR count). The molecule has 0 aliphatic carbocycles. The van der Waals surface area contributed by atoms with E-state index >= 15 is 0 Å². The van der Waals surface area contributed by atoms with Crippen LogP contribution < -0.4 is 0 Å². The van der Waals surface area contributed by atoms with Gasteiger partial charge in [0.25, 0.3) is 0 Å². The number of hydrogen-bond acceptors (Lipinski definition) is 2. The number of halogens is 1. The fraction of sp³-hybridized carbons (Fsp3) is 0.562. The van der Waals surface area contributed by atoms with Gasteiger partial charge in [-0.15, -0.1) is 0 Å². The molecule has 3 heteroatoms. The van der Waals surface area contributed by atoms with Crippen molar-refractivity contribution in [1.29, 1.82) is 0 Å². The minimum Gasteiger partial charge on any atom is -0.301 e. The second-order valence-electron chi connectivity index (χ2n) is 5.73. The van der Waals surface area contributed by atoms with Crippen molar-refractivity contribution in [2.75, 3.05) is 13.1 Å². The SMILES string of the molecule is CC(C)N1CCC[C@@H](CC(=O)c2cccc(F)c2)C1. The van der Waals surface area contributed by atoms with E-state index in [9.17, 15) is 9.18 Å². The summed E-state index contributed by atoms with van der Waals surface area (Å²) in [4.78, 5) is 14.6. The molecule has 0 unspecified atom stereocenters. The largest absolute Gasteiger partial charge is 0.301 e. The van der Waals surface area contributed by atoms with Gasteiger partial charge in [0, 0.05) is 24.6 Å². The highest BCUT2D eigenvalue weighted by molar-refractivity contribution is 5.96. The lowest BCUT2D eigenvalue weighted by molar-refractivity contribution is 0.0889. The third-order valence-electron chi connectivity index (χ3n) is 3.90. The Morgan fingerprint density at radius 1 is 1.47 bits per heavy atom. The van der Waals surface area contributed by atoms with E-state index in [1.165, 1.54) is 12.1 Å². The van der Waals surface area contributed by atoms with Crippen molar-refractivity contribution >= 4 is 5.78 Å². The first kappa shape index (κ1) is 14.2. The molecule has 1 fully saturated rings. The first-order valence-corrected chi connectivity index (χ1v) is 7.09. The van der Waals surface area contributed by atoms with Crippen LogP contribution in [-0.4, -0.2) is 29.8 Å². The summed E-state index contributed by atoms with van der Waals surface area (Å²) in [5.74, 6) is 0.139. The van der Waals surface area contributed by atoms with E-state index in [0.29, 0.717) is 23.9 Å². The summed E-state index contributed by atoms with van der Waals surface area (Å²) < 4.78 is 13.1. The van der Waals surface area contributed by atoms with Crippen LogP contribution in [0.5, 0.6) is 0 Å². The lowest BCUT2D eigenvalue weighted by Crippen LogP contribution is -2.40. The maximum Gasteiger partial charge on any atom is 0.163 e. The van der Waals surface area contributed by atoms with Gasteiger partial charge in [0.1, 0.15) is 5.82 Å². The summed E-state index contributed by atoms with van der Waals surface area (Å²) in [5, 5.41) is 0. The van der Waals surface area contributed by atoms with Crippen LogP contribution in [0.1, 0.15) is 43.5 Å². The smallest absolute Gasteiger partial charge is 0.163 e. The molecular formula is C16H22FNO. The van der Waals surface area contributed by atoms with E-state index in [1.54, 1.807) is 12.1 Å². The van der Waals surface area contributed by atoms with Gasteiger partial charge in [-0.2, -0.15) is 0 Å². The van der Waals surface area contributed by atoms with Gasteiger partial charge < -0.3 is 4.90 Å². The average molecular weight is 263 g/mol. The van der Waals surface area contributed by atoms with Crippen LogP contribution >= 0.6 is 0 Å². The molecule has 2 nitrogen and oxygen atoms in total. The molecule has 0 amide bonds. The normalized spacial score (nSPS) is 20.7. The number of benzene rings is 1. The molecule has 0 bridgehead atoms. The zero-order valence-corrected chi connectivity index (χ0v) is 11.7. The second kappa shape index (κ2) is 6.29. The van der Waals surface area contributed by atoms with E-state index in [2.05, 4.69) is 18.7 Å². The number of hydrogen-bond donors (Lipinski definition) is 0. The Morgan fingerprint density at radius 3 is 2.95 bits per heavy atom. The number of rotatable bonds is 4. The Bertz CT molecular complexity index is 444. The summed E-state index contributed by atoms with van der Waals surface area (Å²) >= 11 is 0. The quantitative estimate of drug-likeness (QED) is 0.775. The van der Waals surface area contributed by atoms with Crippen molar-refractivity contribution < 1.29 is 9.18 Å². The first-order chi connectivity index (χ1) is 9.06. The third-order valence-corrected chi connectivity index (χ3v) is 3.90. The minimum absolute atomic E-state index is 0.0649. The topological polar surface area (TPSA) is 20.3 Å². The number of Topliss-reactive ketones (excluding diaryl/α,β-unsaturated/α-hetero) is 1. The Kier molecular flexibility index (Phi) is 4.70. The zero-order valence-electron chi connectivity index (χ0n) is 11.7. The monoisotopic (exact) mass is 263 g/mol. The van der Waals surface area contributed by atoms with Gasteiger partial charge in [0.15, 0.2) is 5.78 Å². The van der Waals surface area contributed by atoms with Crippen molar-refractivity contribution in [3.05, 3.63) is 35.6 Å². The van der Waals surface area contributed by atoms with E-state index in [4.69, 9.17) is 0 Å². The molecule has 0 N–H and O–H groups in total. The van der Waals surface area contributed by atoms with Gasteiger partial charge >= 0.3 is 0 Å². The van der Waals surface area contributed by atoms with Crippen LogP contribution in [0.15, 0.2) is 24.3 Å². The number of ketones is 1. The molecule has 1 atom stereocenters. The van der Waals surface area contributed by atoms with Gasteiger partial charge in [-0.1, -0.05) is 12.1 Å². The van der Waals surface area contributed by atoms with E-state index in [-0.39, 0.29) is 11.6 Å². The van der Waals surface area contributed by atoms with Gasteiger partial charge in [-0.05, 0) is 51.3 Å². The standard InChI is InChI=1S/C16H22FNO/c1-12(2)18-8-4-5-13(11-18)9-16(19)14-6-3-7-15(17)10-14/h3,6-7,10,12-13H,4-5,8-9,11H2,1-2H3/t13-/m0/s1. The molecule has 0 aromatic heterocycles. The number of piperidine rings is 1. The van der Waals surface area contributed by atoms with Crippen LogP contribution in [-0.2, 0) is 0 Å². The van der Waals surface area contributed by atoms with Crippen molar-refractivity contribution in [3.63, 3.8) is 0 Å². The second-order valence-corrected chi connectivity index (χ2v) is 5.73. The lowest BCUT2D eigenvalue weighted by Gasteiger charge is -2.35. The maximum absolute atomic E-state index is 13.1. The van der Waals surface area contributed by atoms with Crippen molar-refractivity contribution in [2.45, 2.75) is 39.2 Å². The molecule has 1 saturated heterocycles. The van der Waals surface area contributed by atoms with Gasteiger partial charge in [0.05, 0.1) is 0 Å². The molecule has 19 heavy (non-hydrogen) atoms. The van der Waals surface area contributed by atoms with Crippen LogP contribution in [0, 0.1) is 11.7 Å². The summed E-state index contributed by atoms with van der Waals surface area (Å²) in [7, 11) is 0. The minimum atomic E-state index is -0.335. The molecule has 1 aromatic carbocycles. The maximum atomic E-state index is 13.1. The molecule has 1 heterocycles. The molecule has 1 aromatic rings. The molecular weight excluding hydrogens is 241 g/mol. The first-order valence-electron chi connectivity index (χ1n) is 7.09. The highest BCUT2D eigenvalue weighted by atomic mass is 19.1. The van der Waals surface area contributed by atoms with E-state index in [0.717, 1.165) is 25.9 Å². The molecule has 1 aliphatic heterocycles. The molecule has 0 radical (unpaired) electrons. The van der Waals surface area contributed by atoms with Crippen molar-refractivity contribution in [1.82, 2.24) is 4.90 Å². The Hall–Kier alpha value is -1.22.